The average Bonchev–Trinajstić information content (AvgIpc) is 3.00. The molecule has 2 N–H and O–H groups in total. The van der Waals surface area contributed by atoms with Gasteiger partial charge in [-0.1, -0.05) is 6.08 Å². The highest BCUT2D eigenvalue weighted by Crippen LogP contribution is 2.17. The van der Waals surface area contributed by atoms with E-state index in [2.05, 4.69) is 10.3 Å². The summed E-state index contributed by atoms with van der Waals surface area (Å²) in [5.41, 5.74) is 0.0914. The fourth-order valence-electron chi connectivity index (χ4n) is 2.63. The lowest BCUT2D eigenvalue weighted by Gasteiger charge is -2.24. The second-order valence-corrected chi connectivity index (χ2v) is 7.41. The van der Waals surface area contributed by atoms with Crippen LogP contribution >= 0.6 is 0 Å². The summed E-state index contributed by atoms with van der Waals surface area (Å²) < 4.78 is 32.0. The van der Waals surface area contributed by atoms with Crippen LogP contribution in [0.15, 0.2) is 55.2 Å². The molecule has 10 nitrogen and oxygen atoms in total. The van der Waals surface area contributed by atoms with Crippen LogP contribution in [0.1, 0.15) is 23.2 Å². The fourth-order valence-corrected chi connectivity index (χ4v) is 3.36. The lowest BCUT2D eigenvalue weighted by atomic mass is 10.2. The molecule has 28 heavy (non-hydrogen) atoms. The number of nitrogens with one attached hydrogen (secondary N) is 1. The molecule has 0 bridgehead atoms. The van der Waals surface area contributed by atoms with Gasteiger partial charge in [-0.2, -0.15) is 8.42 Å². The van der Waals surface area contributed by atoms with Crippen molar-refractivity contribution < 1.29 is 27.4 Å². The second kappa shape index (κ2) is 7.74. The van der Waals surface area contributed by atoms with E-state index in [1.807, 2.05) is 0 Å². The molecule has 146 valence electrons. The minimum atomic E-state index is -4.31. The van der Waals surface area contributed by atoms with Crippen molar-refractivity contribution in [2.24, 2.45) is 0 Å². The van der Waals surface area contributed by atoms with Gasteiger partial charge in [0.15, 0.2) is 5.37 Å². The highest BCUT2D eigenvalue weighted by molar-refractivity contribution is 7.86. The lowest BCUT2D eigenvalue weighted by molar-refractivity contribution is -0.134. The molecule has 1 fully saturated rings. The summed E-state index contributed by atoms with van der Waals surface area (Å²) in [6.07, 6.45) is 9.95. The van der Waals surface area contributed by atoms with Crippen molar-refractivity contribution in [2.45, 2.75) is 18.2 Å². The third-order valence-corrected chi connectivity index (χ3v) is 5.00. The van der Waals surface area contributed by atoms with E-state index >= 15 is 0 Å². The molecule has 1 saturated heterocycles. The number of nitrogens with zero attached hydrogens (tertiary/aromatic N) is 3. The topological polar surface area (TPSA) is 137 Å². The molecule has 2 aliphatic rings. The third kappa shape index (κ3) is 4.15. The van der Waals surface area contributed by atoms with Crippen molar-refractivity contribution in [2.75, 3.05) is 5.32 Å². The van der Waals surface area contributed by atoms with E-state index in [0.29, 0.717) is 10.7 Å². The van der Waals surface area contributed by atoms with Gasteiger partial charge in [-0.15, -0.1) is 0 Å². The summed E-state index contributed by atoms with van der Waals surface area (Å²) in [5.74, 6) is -1.44. The Bertz CT molecular complexity index is 981. The quantitative estimate of drug-likeness (QED) is 0.540. The molecule has 2 aliphatic heterocycles. The number of carbonyl (C=O) groups excluding carboxylic acids is 3. The van der Waals surface area contributed by atoms with Gasteiger partial charge in [-0.3, -0.25) is 18.9 Å². The van der Waals surface area contributed by atoms with Crippen LogP contribution in [0.4, 0.5) is 5.82 Å². The molecule has 1 aromatic rings. The molecule has 0 saturated carbocycles. The Morgan fingerprint density at radius 3 is 2.54 bits per heavy atom. The highest BCUT2D eigenvalue weighted by atomic mass is 32.2. The van der Waals surface area contributed by atoms with Crippen LogP contribution in [-0.4, -0.2) is 50.8 Å². The molecule has 0 spiro atoms. The first-order valence-electron chi connectivity index (χ1n) is 8.15. The van der Waals surface area contributed by atoms with Gasteiger partial charge in [-0.25, -0.2) is 9.88 Å². The molecule has 0 aromatic carbocycles. The van der Waals surface area contributed by atoms with E-state index < -0.39 is 33.2 Å². The average molecular weight is 404 g/mol. The number of imide groups is 3. The Morgan fingerprint density at radius 1 is 1.21 bits per heavy atom. The van der Waals surface area contributed by atoms with Gasteiger partial charge in [0.25, 0.3) is 16.0 Å². The first-order chi connectivity index (χ1) is 13.3. The molecule has 3 rings (SSSR count). The third-order valence-electron chi connectivity index (χ3n) is 3.99. The molecule has 3 heterocycles. The van der Waals surface area contributed by atoms with Gasteiger partial charge >= 0.3 is 0 Å². The molecular formula is C17H16N4O6S. The van der Waals surface area contributed by atoms with Crippen LogP contribution in [0.2, 0.25) is 0 Å². The van der Waals surface area contributed by atoms with Crippen LogP contribution in [0, 0.1) is 0 Å². The number of likely N-dealkylation sites (tertiary alicyclic amines) is 1. The fraction of sp³-hybridized carbons (Fsp3) is 0.176. The zero-order valence-electron chi connectivity index (χ0n) is 14.4. The molecule has 3 amide bonds. The minimum Gasteiger partial charge on any atom is -0.345 e. The summed E-state index contributed by atoms with van der Waals surface area (Å²) in [5, 5.41) is 1.55. The van der Waals surface area contributed by atoms with E-state index in [4.69, 9.17) is 0 Å². The minimum absolute atomic E-state index is 0.0210. The molecule has 11 heteroatoms. The number of rotatable bonds is 5. The van der Waals surface area contributed by atoms with E-state index in [9.17, 15) is 27.4 Å². The molecule has 1 aromatic heterocycles. The van der Waals surface area contributed by atoms with Crippen LogP contribution in [-0.2, 0) is 19.7 Å². The lowest BCUT2D eigenvalue weighted by Crippen LogP contribution is -2.35. The number of hydrogen-bond donors (Lipinski definition) is 2. The zero-order valence-corrected chi connectivity index (χ0v) is 15.2. The maximum atomic E-state index is 12.2. The van der Waals surface area contributed by atoms with E-state index in [0.717, 1.165) is 0 Å². The normalized spacial score (nSPS) is 19.7. The summed E-state index contributed by atoms with van der Waals surface area (Å²) in [4.78, 5) is 41.4. The van der Waals surface area contributed by atoms with Gasteiger partial charge in [0, 0.05) is 37.6 Å². The van der Waals surface area contributed by atoms with Gasteiger partial charge in [-0.05, 0) is 24.3 Å². The van der Waals surface area contributed by atoms with Gasteiger partial charge < -0.3 is 10.2 Å². The molecule has 0 aliphatic carbocycles. The first-order valence-corrected chi connectivity index (χ1v) is 9.66. The van der Waals surface area contributed by atoms with Gasteiger partial charge in [0.1, 0.15) is 5.82 Å². The summed E-state index contributed by atoms with van der Waals surface area (Å²) in [7, 11) is -4.31. The van der Waals surface area contributed by atoms with Crippen molar-refractivity contribution in [3.8, 4) is 0 Å². The predicted molar refractivity (Wildman–Crippen MR) is 97.9 cm³/mol. The number of carbonyl (C=O) groups is 3. The van der Waals surface area contributed by atoms with Gasteiger partial charge in [0.2, 0.25) is 11.8 Å². The van der Waals surface area contributed by atoms with Crippen molar-refractivity contribution in [3.63, 3.8) is 0 Å². The van der Waals surface area contributed by atoms with Crippen molar-refractivity contribution in [1.29, 1.82) is 0 Å². The van der Waals surface area contributed by atoms with Crippen LogP contribution in [0.25, 0.3) is 0 Å². The predicted octanol–water partition coefficient (Wildman–Crippen LogP) is 0.853. The maximum absolute atomic E-state index is 12.2. The molecule has 0 radical (unpaired) electrons. The number of anilines is 1. The molecule has 1 atom stereocenters. The number of allylic oxidation sites excluding steroid dienone is 2. The summed E-state index contributed by atoms with van der Waals surface area (Å²) in [6.45, 7) is 0. The summed E-state index contributed by atoms with van der Waals surface area (Å²) in [6, 6.07) is 2.88. The second-order valence-electron chi connectivity index (χ2n) is 5.90. The highest BCUT2D eigenvalue weighted by Gasteiger charge is 2.35. The Balaban J connectivity index is 1.65. The smallest absolute Gasteiger partial charge is 0.290 e. The maximum Gasteiger partial charge on any atom is 0.290 e. The van der Waals surface area contributed by atoms with Crippen LogP contribution in [0.5, 0.6) is 0 Å². The monoisotopic (exact) mass is 404 g/mol. The van der Waals surface area contributed by atoms with Crippen LogP contribution in [0.3, 0.4) is 0 Å². The SMILES string of the molecule is O=C1CCC(=O)N1C(=O)c1ccc(NC=CN2C=CC=CC2S(=O)(=O)O)nc1. The number of pyridine rings is 1. The standard InChI is InChI=1S/C17H16N4O6S/c22-14-6-7-15(23)21(14)17(24)12-4-5-13(19-11-12)18-8-10-20-9-2-1-3-16(20)28(25,26)27/h1-5,8-11,16H,6-7H2,(H,18,19)(H,25,26,27). The Kier molecular flexibility index (Phi) is 5.38. The van der Waals surface area contributed by atoms with Gasteiger partial charge in [0.05, 0.1) is 5.56 Å². The number of aromatic nitrogens is 1. The van der Waals surface area contributed by atoms with E-state index in [1.165, 1.54) is 54.0 Å². The molecular weight excluding hydrogens is 388 g/mol. The zero-order chi connectivity index (χ0) is 20.3. The molecule has 1 unspecified atom stereocenters. The van der Waals surface area contributed by atoms with Crippen molar-refractivity contribution in [3.05, 3.63) is 60.7 Å². The number of hydrogen-bond acceptors (Lipinski definition) is 8. The van der Waals surface area contributed by atoms with E-state index in [1.54, 1.807) is 6.08 Å². The van der Waals surface area contributed by atoms with Crippen molar-refractivity contribution in [1.82, 2.24) is 14.8 Å². The largest absolute Gasteiger partial charge is 0.345 e. The number of amides is 3. The van der Waals surface area contributed by atoms with E-state index in [-0.39, 0.29) is 18.4 Å². The first kappa shape index (κ1) is 19.5. The summed E-state index contributed by atoms with van der Waals surface area (Å²) >= 11 is 0. The van der Waals surface area contributed by atoms with Crippen molar-refractivity contribution >= 4 is 33.7 Å². The Hall–Kier alpha value is -3.31. The Labute approximate surface area is 160 Å². The van der Waals surface area contributed by atoms with Crippen LogP contribution < -0.4 is 5.32 Å². The Morgan fingerprint density at radius 2 is 1.93 bits per heavy atom.